The fourth-order valence-electron chi connectivity index (χ4n) is 3.53. The second-order valence-electron chi connectivity index (χ2n) is 8.01. The third-order valence-corrected chi connectivity index (χ3v) is 5.32. The Bertz CT molecular complexity index is 617. The molecule has 1 heterocycles. The Balaban J connectivity index is 1.96. The van der Waals surface area contributed by atoms with Gasteiger partial charge in [0.25, 0.3) is 0 Å². The lowest BCUT2D eigenvalue weighted by Gasteiger charge is -2.32. The Labute approximate surface area is 163 Å². The number of ether oxygens (including phenoxy) is 1. The van der Waals surface area contributed by atoms with Gasteiger partial charge in [0.05, 0.1) is 12.6 Å². The van der Waals surface area contributed by atoms with Crippen molar-refractivity contribution in [1.82, 2.24) is 10.2 Å². The highest BCUT2D eigenvalue weighted by Crippen LogP contribution is 2.26. The van der Waals surface area contributed by atoms with Gasteiger partial charge in [0.1, 0.15) is 0 Å². The second-order valence-corrected chi connectivity index (χ2v) is 8.01. The lowest BCUT2D eigenvalue weighted by atomic mass is 9.91. The average molecular weight is 375 g/mol. The Morgan fingerprint density at radius 3 is 2.11 bits per heavy atom. The molecule has 1 saturated heterocycles. The molecule has 0 saturated carbocycles. The Hall–Kier alpha value is -2.04. The van der Waals surface area contributed by atoms with Crippen LogP contribution in [0.4, 0.5) is 4.79 Å². The van der Waals surface area contributed by atoms with Crippen molar-refractivity contribution < 1.29 is 14.3 Å². The summed E-state index contributed by atoms with van der Waals surface area (Å²) in [7, 11) is 0. The van der Waals surface area contributed by atoms with Gasteiger partial charge in [-0.05, 0) is 42.7 Å². The SMILES string of the molecule is CCOC(=O)N1CCC(C(=O)NC(c2ccc(C(C)C)cc2)C(C)C)CC1. The van der Waals surface area contributed by atoms with E-state index in [0.29, 0.717) is 44.4 Å². The van der Waals surface area contributed by atoms with E-state index >= 15 is 0 Å². The summed E-state index contributed by atoms with van der Waals surface area (Å²) in [6.45, 7) is 12.0. The Morgan fingerprint density at radius 1 is 1.07 bits per heavy atom. The molecule has 1 aliphatic rings. The van der Waals surface area contributed by atoms with Gasteiger partial charge >= 0.3 is 6.09 Å². The van der Waals surface area contributed by atoms with Crippen LogP contribution in [0, 0.1) is 11.8 Å². The van der Waals surface area contributed by atoms with E-state index in [-0.39, 0.29) is 24.0 Å². The summed E-state index contributed by atoms with van der Waals surface area (Å²) in [5, 5.41) is 3.25. The van der Waals surface area contributed by atoms with E-state index in [1.807, 2.05) is 0 Å². The molecule has 27 heavy (non-hydrogen) atoms. The topological polar surface area (TPSA) is 58.6 Å². The van der Waals surface area contributed by atoms with Crippen LogP contribution in [0.1, 0.15) is 70.5 Å². The molecule has 5 heteroatoms. The molecule has 1 aliphatic heterocycles. The predicted molar refractivity (Wildman–Crippen MR) is 108 cm³/mol. The number of hydrogen-bond donors (Lipinski definition) is 1. The largest absolute Gasteiger partial charge is 0.450 e. The van der Waals surface area contributed by atoms with Crippen LogP contribution in [0.25, 0.3) is 0 Å². The zero-order valence-electron chi connectivity index (χ0n) is 17.3. The molecule has 0 radical (unpaired) electrons. The maximum absolute atomic E-state index is 12.8. The monoisotopic (exact) mass is 374 g/mol. The smallest absolute Gasteiger partial charge is 0.409 e. The zero-order chi connectivity index (χ0) is 20.0. The first-order valence-corrected chi connectivity index (χ1v) is 10.1. The first-order valence-electron chi connectivity index (χ1n) is 10.1. The molecule has 0 spiro atoms. The van der Waals surface area contributed by atoms with Crippen molar-refractivity contribution in [3.63, 3.8) is 0 Å². The third-order valence-electron chi connectivity index (χ3n) is 5.32. The van der Waals surface area contributed by atoms with Gasteiger partial charge in [-0.15, -0.1) is 0 Å². The highest BCUT2D eigenvalue weighted by molar-refractivity contribution is 5.79. The summed E-state index contributed by atoms with van der Waals surface area (Å²) < 4.78 is 5.04. The molecule has 0 aliphatic carbocycles. The van der Waals surface area contributed by atoms with E-state index in [9.17, 15) is 9.59 Å². The standard InChI is InChI=1S/C22H34N2O3/c1-6-27-22(26)24-13-11-19(12-14-24)21(25)23-20(16(4)5)18-9-7-17(8-10-18)15(2)3/h7-10,15-16,19-20H,6,11-14H2,1-5H3,(H,23,25). The maximum Gasteiger partial charge on any atom is 0.409 e. The van der Waals surface area contributed by atoms with Gasteiger partial charge in [-0.2, -0.15) is 0 Å². The van der Waals surface area contributed by atoms with Crippen molar-refractivity contribution in [1.29, 1.82) is 0 Å². The van der Waals surface area contributed by atoms with Crippen LogP contribution >= 0.6 is 0 Å². The van der Waals surface area contributed by atoms with Gasteiger partial charge < -0.3 is 15.0 Å². The second kappa shape index (κ2) is 9.77. The number of benzene rings is 1. The van der Waals surface area contributed by atoms with E-state index in [1.165, 1.54) is 5.56 Å². The van der Waals surface area contributed by atoms with Crippen molar-refractivity contribution in [3.8, 4) is 0 Å². The van der Waals surface area contributed by atoms with Crippen LogP contribution in [0.3, 0.4) is 0 Å². The van der Waals surface area contributed by atoms with Crippen LogP contribution in [-0.2, 0) is 9.53 Å². The molecule has 1 atom stereocenters. The molecule has 150 valence electrons. The van der Waals surface area contributed by atoms with Crippen LogP contribution in [0.15, 0.2) is 24.3 Å². The minimum atomic E-state index is -0.276. The Morgan fingerprint density at radius 2 is 1.63 bits per heavy atom. The fraction of sp³-hybridized carbons (Fsp3) is 0.636. The van der Waals surface area contributed by atoms with Gasteiger partial charge in [-0.1, -0.05) is 52.0 Å². The summed E-state index contributed by atoms with van der Waals surface area (Å²) >= 11 is 0. The molecule has 1 unspecified atom stereocenters. The van der Waals surface area contributed by atoms with Crippen LogP contribution < -0.4 is 5.32 Å². The summed E-state index contributed by atoms with van der Waals surface area (Å²) in [5.74, 6) is 0.839. The summed E-state index contributed by atoms with van der Waals surface area (Å²) in [5.41, 5.74) is 2.45. The van der Waals surface area contributed by atoms with Crippen molar-refractivity contribution in [2.24, 2.45) is 11.8 Å². The molecule has 2 amide bonds. The zero-order valence-corrected chi connectivity index (χ0v) is 17.3. The highest BCUT2D eigenvalue weighted by Gasteiger charge is 2.30. The van der Waals surface area contributed by atoms with Crippen LogP contribution in [0.2, 0.25) is 0 Å². The maximum atomic E-state index is 12.8. The minimum Gasteiger partial charge on any atom is -0.450 e. The highest BCUT2D eigenvalue weighted by atomic mass is 16.6. The number of carbonyl (C=O) groups is 2. The third kappa shape index (κ3) is 5.72. The van der Waals surface area contributed by atoms with Crippen molar-refractivity contribution in [2.45, 2.75) is 59.4 Å². The molecular formula is C22H34N2O3. The van der Waals surface area contributed by atoms with Gasteiger partial charge in [-0.3, -0.25) is 4.79 Å². The molecule has 1 aromatic rings. The molecule has 0 bridgehead atoms. The van der Waals surface area contributed by atoms with Crippen molar-refractivity contribution in [3.05, 3.63) is 35.4 Å². The van der Waals surface area contributed by atoms with Gasteiger partial charge in [0.15, 0.2) is 0 Å². The molecule has 0 aromatic heterocycles. The predicted octanol–water partition coefficient (Wildman–Crippen LogP) is 4.49. The van der Waals surface area contributed by atoms with Crippen molar-refractivity contribution >= 4 is 12.0 Å². The van der Waals surface area contributed by atoms with E-state index in [1.54, 1.807) is 11.8 Å². The van der Waals surface area contributed by atoms with Gasteiger partial charge in [0, 0.05) is 19.0 Å². The van der Waals surface area contributed by atoms with E-state index in [0.717, 1.165) is 5.56 Å². The number of amides is 2. The number of carbonyl (C=O) groups excluding carboxylic acids is 2. The molecule has 1 aromatic carbocycles. The minimum absolute atomic E-state index is 0.00167. The lowest BCUT2D eigenvalue weighted by molar-refractivity contribution is -0.127. The van der Waals surface area contributed by atoms with E-state index in [4.69, 9.17) is 4.74 Å². The van der Waals surface area contributed by atoms with Crippen LogP contribution in [-0.4, -0.2) is 36.6 Å². The Kier molecular flexibility index (Phi) is 7.69. The number of piperidine rings is 1. The molecule has 5 nitrogen and oxygen atoms in total. The lowest BCUT2D eigenvalue weighted by Crippen LogP contribution is -2.44. The summed E-state index contributed by atoms with van der Waals surface area (Å²) in [6.07, 6.45) is 1.09. The number of nitrogens with one attached hydrogen (secondary N) is 1. The normalized spacial score (nSPS) is 16.5. The van der Waals surface area contributed by atoms with E-state index < -0.39 is 0 Å². The quantitative estimate of drug-likeness (QED) is 0.798. The molecule has 2 rings (SSSR count). The number of hydrogen-bond acceptors (Lipinski definition) is 3. The summed E-state index contributed by atoms with van der Waals surface area (Å²) in [6, 6.07) is 8.56. The number of likely N-dealkylation sites (tertiary alicyclic amines) is 1. The van der Waals surface area contributed by atoms with Gasteiger partial charge in [-0.25, -0.2) is 4.79 Å². The molecule has 1 N–H and O–H groups in total. The van der Waals surface area contributed by atoms with Gasteiger partial charge in [0.2, 0.25) is 5.91 Å². The molecular weight excluding hydrogens is 340 g/mol. The number of nitrogens with zero attached hydrogens (tertiary/aromatic N) is 1. The first kappa shape index (κ1) is 21.3. The van der Waals surface area contributed by atoms with E-state index in [2.05, 4.69) is 57.3 Å². The number of rotatable bonds is 6. The summed E-state index contributed by atoms with van der Waals surface area (Å²) in [4.78, 5) is 26.3. The van der Waals surface area contributed by atoms with Crippen molar-refractivity contribution in [2.75, 3.05) is 19.7 Å². The first-order chi connectivity index (χ1) is 12.8. The van der Waals surface area contributed by atoms with Crippen LogP contribution in [0.5, 0.6) is 0 Å². The average Bonchev–Trinajstić information content (AvgIpc) is 2.66. The molecule has 1 fully saturated rings. The fourth-order valence-corrected chi connectivity index (χ4v) is 3.53.